The molecule has 0 aliphatic carbocycles. The molecule has 0 fully saturated rings. The van der Waals surface area contributed by atoms with E-state index in [1.54, 1.807) is 43.4 Å². The van der Waals surface area contributed by atoms with Crippen LogP contribution in [0.2, 0.25) is 0 Å². The first-order valence-electron chi connectivity index (χ1n) is 8.63. The van der Waals surface area contributed by atoms with Crippen LogP contribution in [-0.2, 0) is 6.61 Å². The molecule has 0 unspecified atom stereocenters. The lowest BCUT2D eigenvalue weighted by atomic mass is 10.0. The van der Waals surface area contributed by atoms with Crippen molar-refractivity contribution in [1.82, 2.24) is 0 Å². The molecule has 3 aromatic carbocycles. The lowest BCUT2D eigenvalue weighted by Crippen LogP contribution is -2.26. The molecule has 0 aliphatic heterocycles. The van der Waals surface area contributed by atoms with Gasteiger partial charge < -0.3 is 14.5 Å². The Bertz CT molecular complexity index is 924. The molecule has 3 aromatic rings. The van der Waals surface area contributed by atoms with Crippen molar-refractivity contribution in [3.05, 3.63) is 77.6 Å². The summed E-state index contributed by atoms with van der Waals surface area (Å²) in [6.45, 7) is 2.36. The van der Waals surface area contributed by atoms with E-state index in [0.717, 1.165) is 28.1 Å². The summed E-state index contributed by atoms with van der Waals surface area (Å²) in [4.78, 5) is 0. The average Bonchev–Trinajstić information content (AvgIpc) is 2.68. The predicted octanol–water partition coefficient (Wildman–Crippen LogP) is 4.70. The zero-order valence-electron chi connectivity index (χ0n) is 15.7. The fourth-order valence-electron chi connectivity index (χ4n) is 2.95. The van der Waals surface area contributed by atoms with Crippen molar-refractivity contribution in [2.24, 2.45) is 5.84 Å². The topological polar surface area (TPSA) is 47.7 Å². The van der Waals surface area contributed by atoms with Crippen LogP contribution in [-0.4, -0.2) is 14.2 Å². The molecule has 5 heteroatoms. The minimum atomic E-state index is -0.300. The Kier molecular flexibility index (Phi) is 5.62. The number of halogens is 1. The summed E-state index contributed by atoms with van der Waals surface area (Å²) in [6, 6.07) is 17.9. The quantitative estimate of drug-likeness (QED) is 0.507. The zero-order valence-corrected chi connectivity index (χ0v) is 15.7. The normalized spacial score (nSPS) is 10.6. The van der Waals surface area contributed by atoms with Crippen molar-refractivity contribution in [3.63, 3.8) is 0 Å². The van der Waals surface area contributed by atoms with Crippen LogP contribution in [0.3, 0.4) is 0 Å². The Morgan fingerprint density at radius 3 is 2.37 bits per heavy atom. The second kappa shape index (κ2) is 8.10. The molecule has 0 heterocycles. The van der Waals surface area contributed by atoms with Gasteiger partial charge in [-0.3, -0.25) is 0 Å². The number of rotatable bonds is 6. The summed E-state index contributed by atoms with van der Waals surface area (Å²) in [7, 11) is 3.39. The fourth-order valence-corrected chi connectivity index (χ4v) is 2.95. The largest absolute Gasteiger partial charge is 0.497 e. The molecular weight excluding hydrogens is 343 g/mol. The smallest absolute Gasteiger partial charge is 0.131 e. The minimum absolute atomic E-state index is 0.300. The fraction of sp³-hybridized carbons (Fsp3) is 0.182. The third kappa shape index (κ3) is 4.20. The highest BCUT2D eigenvalue weighted by Crippen LogP contribution is 2.30. The van der Waals surface area contributed by atoms with Gasteiger partial charge in [0, 0.05) is 18.2 Å². The summed E-state index contributed by atoms with van der Waals surface area (Å²) < 4.78 is 25.4. The maximum absolute atomic E-state index is 14.3. The summed E-state index contributed by atoms with van der Waals surface area (Å²) in [5.41, 5.74) is 4.22. The molecule has 0 aromatic heterocycles. The predicted molar refractivity (Wildman–Crippen MR) is 106 cm³/mol. The highest BCUT2D eigenvalue weighted by Gasteiger charge is 2.11. The zero-order chi connectivity index (χ0) is 19.4. The van der Waals surface area contributed by atoms with Crippen LogP contribution in [0.5, 0.6) is 11.5 Å². The van der Waals surface area contributed by atoms with Crippen LogP contribution in [0.25, 0.3) is 11.1 Å². The second-order valence-electron chi connectivity index (χ2n) is 6.34. The van der Waals surface area contributed by atoms with E-state index in [9.17, 15) is 4.39 Å². The molecule has 2 N–H and O–H groups in total. The van der Waals surface area contributed by atoms with Gasteiger partial charge in [-0.05, 0) is 54.4 Å². The van der Waals surface area contributed by atoms with E-state index in [0.29, 0.717) is 17.9 Å². The number of nitrogens with two attached hydrogens (primary N) is 1. The second-order valence-corrected chi connectivity index (χ2v) is 6.34. The Labute approximate surface area is 158 Å². The van der Waals surface area contributed by atoms with E-state index in [1.807, 2.05) is 37.3 Å². The molecule has 0 spiro atoms. The Balaban J connectivity index is 1.85. The highest BCUT2D eigenvalue weighted by molar-refractivity contribution is 5.66. The summed E-state index contributed by atoms with van der Waals surface area (Å²) in [6.07, 6.45) is 0. The van der Waals surface area contributed by atoms with Gasteiger partial charge in [0.05, 0.1) is 12.8 Å². The molecule has 4 nitrogen and oxygen atoms in total. The summed E-state index contributed by atoms with van der Waals surface area (Å²) in [5.74, 6) is 6.93. The van der Waals surface area contributed by atoms with E-state index in [1.165, 1.54) is 6.07 Å². The van der Waals surface area contributed by atoms with Gasteiger partial charge in [0.25, 0.3) is 0 Å². The van der Waals surface area contributed by atoms with E-state index in [-0.39, 0.29) is 5.82 Å². The monoisotopic (exact) mass is 366 g/mol. The lowest BCUT2D eigenvalue weighted by molar-refractivity contribution is 0.305. The van der Waals surface area contributed by atoms with Crippen molar-refractivity contribution >= 4 is 5.69 Å². The van der Waals surface area contributed by atoms with Gasteiger partial charge in [-0.25, -0.2) is 10.2 Å². The van der Waals surface area contributed by atoms with Gasteiger partial charge in [0.15, 0.2) is 0 Å². The maximum atomic E-state index is 14.3. The van der Waals surface area contributed by atoms with Crippen molar-refractivity contribution in [2.75, 3.05) is 19.2 Å². The van der Waals surface area contributed by atoms with Gasteiger partial charge in [-0.2, -0.15) is 0 Å². The molecule has 0 saturated heterocycles. The number of ether oxygens (including phenoxy) is 2. The third-order valence-electron chi connectivity index (χ3n) is 4.49. The number of benzene rings is 3. The first kappa shape index (κ1) is 18.7. The number of hydrogen-bond donors (Lipinski definition) is 1. The summed E-state index contributed by atoms with van der Waals surface area (Å²) in [5, 5.41) is 1.57. The highest BCUT2D eigenvalue weighted by atomic mass is 19.1. The lowest BCUT2D eigenvalue weighted by Gasteiger charge is -2.19. The Morgan fingerprint density at radius 1 is 1.00 bits per heavy atom. The molecular formula is C22H23FN2O2. The molecule has 0 bridgehead atoms. The Hall–Kier alpha value is -3.05. The van der Waals surface area contributed by atoms with Crippen LogP contribution < -0.4 is 20.3 Å². The molecule has 0 saturated carbocycles. The van der Waals surface area contributed by atoms with Crippen molar-refractivity contribution in [3.8, 4) is 22.6 Å². The van der Waals surface area contributed by atoms with E-state index in [2.05, 4.69) is 0 Å². The number of methoxy groups -OCH3 is 1. The van der Waals surface area contributed by atoms with Crippen LogP contribution in [0.1, 0.15) is 11.1 Å². The van der Waals surface area contributed by atoms with E-state index < -0.39 is 0 Å². The van der Waals surface area contributed by atoms with E-state index >= 15 is 0 Å². The van der Waals surface area contributed by atoms with Crippen LogP contribution >= 0.6 is 0 Å². The number of nitrogens with zero attached hydrogens (tertiary/aromatic N) is 1. The number of hydrogen-bond acceptors (Lipinski definition) is 4. The number of hydrazine groups is 1. The standard InChI is InChI=1S/C22H23FN2O2/c1-15-5-4-6-22(25(2)24)20(15)14-27-18-11-12-21(23)19(13-18)16-7-9-17(26-3)10-8-16/h4-13H,14,24H2,1-3H3. The first-order chi connectivity index (χ1) is 13.0. The first-order valence-corrected chi connectivity index (χ1v) is 8.63. The Morgan fingerprint density at radius 2 is 1.70 bits per heavy atom. The van der Waals surface area contributed by atoms with Gasteiger partial charge in [-0.1, -0.05) is 24.3 Å². The molecule has 0 amide bonds. The minimum Gasteiger partial charge on any atom is -0.497 e. The van der Waals surface area contributed by atoms with E-state index in [4.69, 9.17) is 15.3 Å². The van der Waals surface area contributed by atoms with Crippen molar-refractivity contribution in [1.29, 1.82) is 0 Å². The van der Waals surface area contributed by atoms with Gasteiger partial charge in [-0.15, -0.1) is 0 Å². The molecule has 0 radical (unpaired) electrons. The third-order valence-corrected chi connectivity index (χ3v) is 4.49. The maximum Gasteiger partial charge on any atom is 0.131 e. The molecule has 3 rings (SSSR count). The van der Waals surface area contributed by atoms with Crippen LogP contribution in [0.15, 0.2) is 60.7 Å². The van der Waals surface area contributed by atoms with Gasteiger partial charge in [0.2, 0.25) is 0 Å². The molecule has 140 valence electrons. The average molecular weight is 366 g/mol. The summed E-state index contributed by atoms with van der Waals surface area (Å²) >= 11 is 0. The molecule has 0 atom stereocenters. The number of aryl methyl sites for hydroxylation is 1. The van der Waals surface area contributed by atoms with Crippen LogP contribution in [0.4, 0.5) is 10.1 Å². The molecule has 0 aliphatic rings. The molecule has 27 heavy (non-hydrogen) atoms. The number of anilines is 1. The van der Waals surface area contributed by atoms with Crippen LogP contribution in [0, 0.1) is 12.7 Å². The van der Waals surface area contributed by atoms with Crippen molar-refractivity contribution < 1.29 is 13.9 Å². The van der Waals surface area contributed by atoms with Gasteiger partial charge >= 0.3 is 0 Å². The SMILES string of the molecule is COc1ccc(-c2cc(OCc3c(C)cccc3N(C)N)ccc2F)cc1. The van der Waals surface area contributed by atoms with Gasteiger partial charge in [0.1, 0.15) is 23.9 Å². The van der Waals surface area contributed by atoms with Crippen molar-refractivity contribution in [2.45, 2.75) is 13.5 Å².